The fourth-order valence-corrected chi connectivity index (χ4v) is 3.67. The molecule has 2 N–H and O–H groups in total. The van der Waals surface area contributed by atoms with Crippen molar-refractivity contribution in [3.05, 3.63) is 54.7 Å². The Hall–Kier alpha value is -2.74. The van der Waals surface area contributed by atoms with Gasteiger partial charge in [0.05, 0.1) is 23.3 Å². The Kier molecular flexibility index (Phi) is 4.80. The summed E-state index contributed by atoms with van der Waals surface area (Å²) in [5, 5.41) is 6.85. The molecule has 0 aliphatic carbocycles. The summed E-state index contributed by atoms with van der Waals surface area (Å²) in [4.78, 5) is 3.96. The van der Waals surface area contributed by atoms with Crippen molar-refractivity contribution in [1.82, 2.24) is 15.2 Å². The molecule has 0 atom stereocenters. The molecule has 0 radical (unpaired) electrons. The minimum absolute atomic E-state index is 0.0648. The van der Waals surface area contributed by atoms with Crippen molar-refractivity contribution < 1.29 is 12.8 Å². The van der Waals surface area contributed by atoms with E-state index in [0.29, 0.717) is 17.7 Å². The fraction of sp³-hybridized carbons (Fsp3) is 0.176. The predicted octanol–water partition coefficient (Wildman–Crippen LogP) is 3.43. The van der Waals surface area contributed by atoms with Gasteiger partial charge in [-0.25, -0.2) is 12.8 Å². The van der Waals surface area contributed by atoms with E-state index in [4.69, 9.17) is 0 Å². The molecule has 6 nitrogen and oxygen atoms in total. The van der Waals surface area contributed by atoms with Crippen molar-refractivity contribution >= 4 is 15.7 Å². The summed E-state index contributed by atoms with van der Waals surface area (Å²) in [5.41, 5.74) is 2.17. The second kappa shape index (κ2) is 7.02. The maximum atomic E-state index is 14.9. The van der Waals surface area contributed by atoms with Gasteiger partial charge in [-0.1, -0.05) is 19.1 Å². The van der Waals surface area contributed by atoms with Crippen LogP contribution in [-0.2, 0) is 10.0 Å². The van der Waals surface area contributed by atoms with E-state index in [2.05, 4.69) is 19.9 Å². The van der Waals surface area contributed by atoms with Crippen LogP contribution in [0.25, 0.3) is 22.4 Å². The molecule has 0 saturated carbocycles. The highest BCUT2D eigenvalue weighted by Crippen LogP contribution is 2.34. The van der Waals surface area contributed by atoms with Crippen LogP contribution in [0.3, 0.4) is 0 Å². The van der Waals surface area contributed by atoms with Crippen molar-refractivity contribution in [2.45, 2.75) is 13.3 Å². The Balaban J connectivity index is 2.03. The summed E-state index contributed by atoms with van der Waals surface area (Å²) in [6.45, 7) is 1.75. The van der Waals surface area contributed by atoms with Gasteiger partial charge >= 0.3 is 0 Å². The van der Waals surface area contributed by atoms with E-state index >= 15 is 0 Å². The van der Waals surface area contributed by atoms with Gasteiger partial charge < -0.3 is 0 Å². The van der Waals surface area contributed by atoms with Gasteiger partial charge in [0.25, 0.3) is 0 Å². The zero-order chi connectivity index (χ0) is 17.9. The van der Waals surface area contributed by atoms with E-state index in [1.165, 1.54) is 12.3 Å². The van der Waals surface area contributed by atoms with Gasteiger partial charge in [-0.05, 0) is 24.6 Å². The summed E-state index contributed by atoms with van der Waals surface area (Å²) in [5.74, 6) is -0.705. The number of aromatic amines is 1. The molecule has 0 bridgehead atoms. The number of H-pyrrole nitrogens is 1. The van der Waals surface area contributed by atoms with Crippen LogP contribution in [0.2, 0.25) is 0 Å². The van der Waals surface area contributed by atoms with E-state index in [-0.39, 0.29) is 17.0 Å². The SMILES string of the molecule is CCCS(=O)(=O)Nc1cccc(-c2cn[nH]c2-c2ccncc2)c1F. The second-order valence-corrected chi connectivity index (χ2v) is 7.32. The van der Waals surface area contributed by atoms with E-state index in [0.717, 1.165) is 5.56 Å². The van der Waals surface area contributed by atoms with Gasteiger partial charge in [-0.2, -0.15) is 5.10 Å². The van der Waals surface area contributed by atoms with Gasteiger partial charge in [0, 0.05) is 29.1 Å². The second-order valence-electron chi connectivity index (χ2n) is 5.48. The zero-order valence-electron chi connectivity index (χ0n) is 13.5. The first kappa shape index (κ1) is 17.1. The number of anilines is 1. The molecular weight excluding hydrogens is 343 g/mol. The summed E-state index contributed by atoms with van der Waals surface area (Å²) in [6, 6.07) is 8.15. The number of nitrogens with one attached hydrogen (secondary N) is 2. The van der Waals surface area contributed by atoms with E-state index in [9.17, 15) is 12.8 Å². The third-order valence-corrected chi connectivity index (χ3v) is 5.11. The Bertz CT molecular complexity index is 971. The lowest BCUT2D eigenvalue weighted by molar-refractivity contribution is 0.597. The average molecular weight is 360 g/mol. The van der Waals surface area contributed by atoms with Crippen LogP contribution in [0.5, 0.6) is 0 Å². The maximum absolute atomic E-state index is 14.9. The zero-order valence-corrected chi connectivity index (χ0v) is 14.3. The lowest BCUT2D eigenvalue weighted by atomic mass is 10.0. The van der Waals surface area contributed by atoms with Crippen molar-refractivity contribution in [1.29, 1.82) is 0 Å². The highest BCUT2D eigenvalue weighted by Gasteiger charge is 2.18. The van der Waals surface area contributed by atoms with Crippen molar-refractivity contribution in [2.24, 2.45) is 0 Å². The fourth-order valence-electron chi connectivity index (χ4n) is 2.54. The molecule has 0 aliphatic rings. The first-order valence-corrected chi connectivity index (χ1v) is 9.40. The third kappa shape index (κ3) is 3.69. The quantitative estimate of drug-likeness (QED) is 0.705. The first-order valence-electron chi connectivity index (χ1n) is 7.75. The first-order chi connectivity index (χ1) is 12.0. The number of aromatic nitrogens is 3. The van der Waals surface area contributed by atoms with Crippen LogP contribution in [-0.4, -0.2) is 29.4 Å². The van der Waals surface area contributed by atoms with Crippen LogP contribution in [0.4, 0.5) is 10.1 Å². The Morgan fingerprint density at radius 2 is 1.92 bits per heavy atom. The predicted molar refractivity (Wildman–Crippen MR) is 94.9 cm³/mol. The molecule has 0 unspecified atom stereocenters. The number of halogens is 1. The highest BCUT2D eigenvalue weighted by molar-refractivity contribution is 7.92. The van der Waals surface area contributed by atoms with Crippen molar-refractivity contribution in [2.75, 3.05) is 10.5 Å². The smallest absolute Gasteiger partial charge is 0.232 e. The number of hydrogen-bond donors (Lipinski definition) is 2. The number of hydrogen-bond acceptors (Lipinski definition) is 4. The Morgan fingerprint density at radius 3 is 2.64 bits per heavy atom. The number of benzene rings is 1. The Morgan fingerprint density at radius 1 is 1.16 bits per heavy atom. The Labute approximate surface area is 145 Å². The number of rotatable bonds is 6. The van der Waals surface area contributed by atoms with Gasteiger partial charge in [-0.15, -0.1) is 0 Å². The minimum atomic E-state index is -3.58. The third-order valence-electron chi connectivity index (χ3n) is 3.64. The highest BCUT2D eigenvalue weighted by atomic mass is 32.2. The molecule has 8 heteroatoms. The largest absolute Gasteiger partial charge is 0.281 e. The van der Waals surface area contributed by atoms with E-state index < -0.39 is 15.8 Å². The van der Waals surface area contributed by atoms with Crippen LogP contribution < -0.4 is 4.72 Å². The topological polar surface area (TPSA) is 87.7 Å². The monoisotopic (exact) mass is 360 g/mol. The van der Waals surface area contributed by atoms with Gasteiger partial charge in [-0.3, -0.25) is 14.8 Å². The molecule has 3 aromatic rings. The number of nitrogens with zero attached hydrogens (tertiary/aromatic N) is 2. The molecule has 1 aromatic carbocycles. The molecule has 0 saturated heterocycles. The van der Waals surface area contributed by atoms with Crippen LogP contribution in [0, 0.1) is 5.82 Å². The van der Waals surface area contributed by atoms with Crippen LogP contribution in [0.15, 0.2) is 48.9 Å². The van der Waals surface area contributed by atoms with Gasteiger partial charge in [0.1, 0.15) is 0 Å². The molecule has 0 spiro atoms. The standard InChI is InChI=1S/C17H17FN4O2S/c1-2-10-25(23,24)22-15-5-3-4-13(16(15)18)14-11-20-21-17(14)12-6-8-19-9-7-12/h3-9,11,22H,2,10H2,1H3,(H,20,21). The molecule has 0 aliphatic heterocycles. The molecule has 0 amide bonds. The average Bonchev–Trinajstić information content (AvgIpc) is 3.07. The van der Waals surface area contributed by atoms with Crippen LogP contribution in [0.1, 0.15) is 13.3 Å². The molecule has 25 heavy (non-hydrogen) atoms. The van der Waals surface area contributed by atoms with Crippen LogP contribution >= 0.6 is 0 Å². The van der Waals surface area contributed by atoms with E-state index in [1.807, 2.05) is 0 Å². The van der Waals surface area contributed by atoms with Crippen molar-refractivity contribution in [3.8, 4) is 22.4 Å². The molecule has 130 valence electrons. The molecular formula is C17H17FN4O2S. The summed E-state index contributed by atoms with van der Waals surface area (Å²) in [7, 11) is -3.58. The number of sulfonamides is 1. The van der Waals surface area contributed by atoms with Gasteiger partial charge in [0.15, 0.2) is 5.82 Å². The summed E-state index contributed by atoms with van der Waals surface area (Å²) < 4.78 is 41.1. The normalized spacial score (nSPS) is 11.4. The lowest BCUT2D eigenvalue weighted by Crippen LogP contribution is -2.17. The molecule has 3 rings (SSSR count). The summed E-state index contributed by atoms with van der Waals surface area (Å²) in [6.07, 6.45) is 5.22. The van der Waals surface area contributed by atoms with E-state index in [1.54, 1.807) is 43.6 Å². The molecule has 0 fully saturated rings. The summed E-state index contributed by atoms with van der Waals surface area (Å²) >= 11 is 0. The van der Waals surface area contributed by atoms with Gasteiger partial charge in [0.2, 0.25) is 10.0 Å². The maximum Gasteiger partial charge on any atom is 0.232 e. The number of pyridine rings is 1. The molecule has 2 heterocycles. The minimum Gasteiger partial charge on any atom is -0.281 e. The lowest BCUT2D eigenvalue weighted by Gasteiger charge is -2.11. The van der Waals surface area contributed by atoms with Crippen molar-refractivity contribution in [3.63, 3.8) is 0 Å². The molecule has 2 aromatic heterocycles.